The Morgan fingerprint density at radius 3 is 2.59 bits per heavy atom. The lowest BCUT2D eigenvalue weighted by molar-refractivity contribution is 0.102. The van der Waals surface area contributed by atoms with Crippen molar-refractivity contribution >= 4 is 0 Å². The van der Waals surface area contributed by atoms with Crippen molar-refractivity contribution in [3.8, 4) is 0 Å². The molecule has 1 aliphatic heterocycles. The first kappa shape index (κ1) is 13.3. The molecule has 3 heteroatoms. The van der Waals surface area contributed by atoms with Crippen molar-refractivity contribution in [1.29, 1.82) is 0 Å². The summed E-state index contributed by atoms with van der Waals surface area (Å²) in [6.07, 6.45) is 5.79. The van der Waals surface area contributed by atoms with Gasteiger partial charge in [-0.15, -0.1) is 0 Å². The van der Waals surface area contributed by atoms with E-state index in [2.05, 4.69) is 29.4 Å². The van der Waals surface area contributed by atoms with Crippen molar-refractivity contribution in [3.05, 3.63) is 0 Å². The normalized spacial score (nSPS) is 22.9. The predicted molar refractivity (Wildman–Crippen MR) is 73.3 cm³/mol. The molecule has 0 aromatic carbocycles. The second-order valence-electron chi connectivity index (χ2n) is 6.31. The highest BCUT2D eigenvalue weighted by Gasteiger charge is 2.27. The maximum Gasteiger partial charge on any atom is 0.0278 e. The van der Waals surface area contributed by atoms with Gasteiger partial charge in [-0.1, -0.05) is 12.8 Å². The summed E-state index contributed by atoms with van der Waals surface area (Å²) in [5.41, 5.74) is 0.307. The van der Waals surface area contributed by atoms with Gasteiger partial charge in [-0.25, -0.2) is 0 Å². The zero-order chi connectivity index (χ0) is 12.1. The maximum absolute atomic E-state index is 3.64. The average Bonchev–Trinajstić information content (AvgIpc) is 3.14. The second kappa shape index (κ2) is 6.17. The van der Waals surface area contributed by atoms with Gasteiger partial charge in [-0.3, -0.25) is 4.90 Å². The first-order chi connectivity index (χ1) is 8.18. The lowest BCUT2D eigenvalue weighted by Gasteiger charge is -2.41. The van der Waals surface area contributed by atoms with Crippen LogP contribution in [0.4, 0.5) is 0 Å². The van der Waals surface area contributed by atoms with Crippen LogP contribution < -0.4 is 10.6 Å². The molecule has 1 aliphatic carbocycles. The minimum Gasteiger partial charge on any atom is -0.315 e. The first-order valence-corrected chi connectivity index (χ1v) is 7.35. The van der Waals surface area contributed by atoms with E-state index in [4.69, 9.17) is 0 Å². The fraction of sp³-hybridized carbons (Fsp3) is 1.00. The number of piperazine rings is 1. The third-order valence-corrected chi connectivity index (χ3v) is 4.19. The molecule has 0 aromatic heterocycles. The smallest absolute Gasteiger partial charge is 0.0278 e. The molecular weight excluding hydrogens is 210 g/mol. The second-order valence-corrected chi connectivity index (χ2v) is 6.31. The van der Waals surface area contributed by atoms with Crippen molar-refractivity contribution in [1.82, 2.24) is 15.5 Å². The third-order valence-electron chi connectivity index (χ3n) is 4.19. The highest BCUT2D eigenvalue weighted by Crippen LogP contribution is 2.33. The molecule has 1 saturated heterocycles. The van der Waals surface area contributed by atoms with E-state index in [9.17, 15) is 0 Å². The van der Waals surface area contributed by atoms with Crippen molar-refractivity contribution < 1.29 is 0 Å². The summed E-state index contributed by atoms with van der Waals surface area (Å²) >= 11 is 0. The summed E-state index contributed by atoms with van der Waals surface area (Å²) < 4.78 is 0. The molecule has 2 aliphatic rings. The fourth-order valence-electron chi connectivity index (χ4n) is 2.70. The number of rotatable bonds is 7. The van der Waals surface area contributed by atoms with Gasteiger partial charge in [0.2, 0.25) is 0 Å². The summed E-state index contributed by atoms with van der Waals surface area (Å²) in [7, 11) is 0. The molecule has 17 heavy (non-hydrogen) atoms. The van der Waals surface area contributed by atoms with Crippen LogP contribution in [-0.4, -0.2) is 49.7 Å². The van der Waals surface area contributed by atoms with Gasteiger partial charge in [0.1, 0.15) is 0 Å². The zero-order valence-electron chi connectivity index (χ0n) is 11.6. The van der Waals surface area contributed by atoms with Gasteiger partial charge in [0, 0.05) is 38.3 Å². The summed E-state index contributed by atoms with van der Waals surface area (Å²) in [4.78, 5) is 2.61. The Morgan fingerprint density at radius 2 is 1.94 bits per heavy atom. The molecule has 100 valence electrons. The van der Waals surface area contributed by atoms with Gasteiger partial charge >= 0.3 is 0 Å². The minimum atomic E-state index is 0.307. The van der Waals surface area contributed by atoms with Crippen LogP contribution in [0.3, 0.4) is 0 Å². The summed E-state index contributed by atoms with van der Waals surface area (Å²) in [6, 6.07) is 0. The number of hydrogen-bond donors (Lipinski definition) is 2. The Balaban J connectivity index is 1.57. The molecule has 3 nitrogen and oxygen atoms in total. The lowest BCUT2D eigenvalue weighted by Crippen LogP contribution is -2.57. The maximum atomic E-state index is 3.64. The van der Waals surface area contributed by atoms with E-state index in [1.54, 1.807) is 0 Å². The molecule has 0 spiro atoms. The summed E-state index contributed by atoms with van der Waals surface area (Å²) in [5.74, 6) is 1.08. The monoisotopic (exact) mass is 239 g/mol. The summed E-state index contributed by atoms with van der Waals surface area (Å²) in [5, 5.41) is 7.06. The zero-order valence-corrected chi connectivity index (χ0v) is 11.6. The fourth-order valence-corrected chi connectivity index (χ4v) is 2.70. The number of nitrogens with one attached hydrogen (secondary N) is 2. The largest absolute Gasteiger partial charge is 0.315 e. The highest BCUT2D eigenvalue weighted by atomic mass is 15.2. The minimum absolute atomic E-state index is 0.307. The average molecular weight is 239 g/mol. The van der Waals surface area contributed by atoms with Crippen molar-refractivity contribution in [2.24, 2.45) is 5.92 Å². The van der Waals surface area contributed by atoms with Crippen LogP contribution >= 0.6 is 0 Å². The molecule has 1 heterocycles. The molecule has 0 radical (unpaired) electrons. The lowest BCUT2D eigenvalue weighted by atomic mass is 10.0. The van der Waals surface area contributed by atoms with E-state index in [0.29, 0.717) is 5.54 Å². The Labute approximate surface area is 106 Å². The van der Waals surface area contributed by atoms with Crippen molar-refractivity contribution in [2.45, 2.75) is 45.1 Å². The van der Waals surface area contributed by atoms with Crippen LogP contribution in [0.25, 0.3) is 0 Å². The van der Waals surface area contributed by atoms with Gasteiger partial charge in [-0.2, -0.15) is 0 Å². The summed E-state index contributed by atoms with van der Waals surface area (Å²) in [6.45, 7) is 11.7. The van der Waals surface area contributed by atoms with Crippen LogP contribution in [-0.2, 0) is 0 Å². The van der Waals surface area contributed by atoms with Gasteiger partial charge < -0.3 is 10.6 Å². The van der Waals surface area contributed by atoms with Crippen LogP contribution in [0.15, 0.2) is 0 Å². The van der Waals surface area contributed by atoms with Gasteiger partial charge in [0.15, 0.2) is 0 Å². The molecule has 0 atom stereocenters. The number of nitrogens with zero attached hydrogens (tertiary/aromatic N) is 1. The SMILES string of the molecule is CC(C)(CNCCCC1CC1)N1CCNCC1. The Morgan fingerprint density at radius 1 is 1.24 bits per heavy atom. The molecule has 2 N–H and O–H groups in total. The molecule has 0 unspecified atom stereocenters. The van der Waals surface area contributed by atoms with E-state index in [1.165, 1.54) is 45.3 Å². The molecule has 1 saturated carbocycles. The third kappa shape index (κ3) is 4.57. The van der Waals surface area contributed by atoms with Gasteiger partial charge in [-0.05, 0) is 39.2 Å². The van der Waals surface area contributed by atoms with E-state index in [-0.39, 0.29) is 0 Å². The van der Waals surface area contributed by atoms with E-state index < -0.39 is 0 Å². The highest BCUT2D eigenvalue weighted by molar-refractivity contribution is 4.86. The predicted octanol–water partition coefficient (Wildman–Crippen LogP) is 1.45. The van der Waals surface area contributed by atoms with E-state index in [0.717, 1.165) is 25.6 Å². The standard InChI is InChI=1S/C14H29N3/c1-14(2,17-10-8-15-9-11-17)12-16-7-3-4-13-5-6-13/h13,15-16H,3-12H2,1-2H3. The van der Waals surface area contributed by atoms with Gasteiger partial charge in [0.25, 0.3) is 0 Å². The van der Waals surface area contributed by atoms with Crippen LogP contribution in [0.2, 0.25) is 0 Å². The van der Waals surface area contributed by atoms with Gasteiger partial charge in [0.05, 0.1) is 0 Å². The Hall–Kier alpha value is -0.120. The van der Waals surface area contributed by atoms with Crippen molar-refractivity contribution in [2.75, 3.05) is 39.3 Å². The quantitative estimate of drug-likeness (QED) is 0.659. The van der Waals surface area contributed by atoms with E-state index in [1.807, 2.05) is 0 Å². The molecule has 2 fully saturated rings. The molecular formula is C14H29N3. The Bertz CT molecular complexity index is 218. The molecule has 0 amide bonds. The first-order valence-electron chi connectivity index (χ1n) is 7.35. The molecule has 0 bridgehead atoms. The van der Waals surface area contributed by atoms with Crippen molar-refractivity contribution in [3.63, 3.8) is 0 Å². The van der Waals surface area contributed by atoms with Crippen LogP contribution in [0, 0.1) is 5.92 Å². The van der Waals surface area contributed by atoms with Crippen LogP contribution in [0.5, 0.6) is 0 Å². The molecule has 2 rings (SSSR count). The van der Waals surface area contributed by atoms with E-state index >= 15 is 0 Å². The van der Waals surface area contributed by atoms with Crippen LogP contribution in [0.1, 0.15) is 39.5 Å². The topological polar surface area (TPSA) is 27.3 Å². The molecule has 0 aromatic rings. The Kier molecular flexibility index (Phi) is 4.83. The number of hydrogen-bond acceptors (Lipinski definition) is 3.